The zero-order chi connectivity index (χ0) is 17.8. The van der Waals surface area contributed by atoms with Gasteiger partial charge in [-0.25, -0.2) is 8.78 Å². The third-order valence-electron chi connectivity index (χ3n) is 3.56. The van der Waals surface area contributed by atoms with E-state index in [1.165, 1.54) is 0 Å². The molecule has 0 fully saturated rings. The number of amides is 1. The zero-order valence-electron chi connectivity index (χ0n) is 13.4. The lowest BCUT2D eigenvalue weighted by Gasteiger charge is -2.12. The molecule has 0 heterocycles. The van der Waals surface area contributed by atoms with Crippen molar-refractivity contribution in [1.29, 1.82) is 0 Å². The number of ether oxygens (including phenoxy) is 1. The highest BCUT2D eigenvalue weighted by atomic mass is 19.1. The van der Waals surface area contributed by atoms with Crippen LogP contribution >= 0.6 is 0 Å². The van der Waals surface area contributed by atoms with Crippen LogP contribution in [0.25, 0.3) is 0 Å². The number of benzene rings is 3. The number of hydrogen-bond acceptors (Lipinski definition) is 2. The van der Waals surface area contributed by atoms with Gasteiger partial charge in [-0.15, -0.1) is 0 Å². The second-order valence-electron chi connectivity index (χ2n) is 5.49. The third kappa shape index (κ3) is 4.01. The summed E-state index contributed by atoms with van der Waals surface area (Å²) in [5.41, 5.74) is 1.08. The number of aryl methyl sites for hydroxylation is 1. The topological polar surface area (TPSA) is 38.3 Å². The Morgan fingerprint density at radius 3 is 2.44 bits per heavy atom. The van der Waals surface area contributed by atoms with Crippen LogP contribution in [0.2, 0.25) is 0 Å². The minimum Gasteiger partial charge on any atom is -0.455 e. The third-order valence-corrected chi connectivity index (χ3v) is 3.56. The molecule has 3 rings (SSSR count). The van der Waals surface area contributed by atoms with Crippen molar-refractivity contribution >= 4 is 11.6 Å². The van der Waals surface area contributed by atoms with Gasteiger partial charge in [0.1, 0.15) is 17.4 Å². The SMILES string of the molecule is Cc1ccc(Oc2ccccc2NC(=O)c2cc(F)ccc2F)cc1. The maximum absolute atomic E-state index is 13.7. The van der Waals surface area contributed by atoms with Crippen molar-refractivity contribution in [1.82, 2.24) is 0 Å². The van der Waals surface area contributed by atoms with Crippen molar-refractivity contribution in [2.24, 2.45) is 0 Å². The van der Waals surface area contributed by atoms with E-state index in [-0.39, 0.29) is 5.56 Å². The lowest BCUT2D eigenvalue weighted by Crippen LogP contribution is -2.14. The van der Waals surface area contributed by atoms with Crippen molar-refractivity contribution in [3.8, 4) is 11.5 Å². The Labute approximate surface area is 143 Å². The summed E-state index contributed by atoms with van der Waals surface area (Å²) in [4.78, 5) is 12.3. The van der Waals surface area contributed by atoms with E-state index in [2.05, 4.69) is 5.32 Å². The van der Waals surface area contributed by atoms with Gasteiger partial charge >= 0.3 is 0 Å². The molecule has 0 aliphatic carbocycles. The molecule has 3 aromatic rings. The molecule has 3 nitrogen and oxygen atoms in total. The first kappa shape index (κ1) is 16.6. The second-order valence-corrected chi connectivity index (χ2v) is 5.49. The van der Waals surface area contributed by atoms with Gasteiger partial charge in [-0.3, -0.25) is 4.79 Å². The summed E-state index contributed by atoms with van der Waals surface area (Å²) in [6.07, 6.45) is 0. The molecular formula is C20H15F2NO2. The number of rotatable bonds is 4. The van der Waals surface area contributed by atoms with Crippen molar-refractivity contribution < 1.29 is 18.3 Å². The molecule has 0 bridgehead atoms. The number of anilines is 1. The lowest BCUT2D eigenvalue weighted by atomic mass is 10.2. The predicted molar refractivity (Wildman–Crippen MR) is 92.0 cm³/mol. The molecule has 0 aliphatic heterocycles. The zero-order valence-corrected chi connectivity index (χ0v) is 13.4. The molecular weight excluding hydrogens is 324 g/mol. The van der Waals surface area contributed by atoms with Gasteiger partial charge in [0, 0.05) is 0 Å². The van der Waals surface area contributed by atoms with Crippen LogP contribution in [-0.4, -0.2) is 5.91 Å². The first-order valence-corrected chi connectivity index (χ1v) is 7.63. The molecule has 126 valence electrons. The van der Waals surface area contributed by atoms with Crippen molar-refractivity contribution in [3.05, 3.63) is 89.5 Å². The Hall–Kier alpha value is -3.21. The van der Waals surface area contributed by atoms with Gasteiger partial charge in [-0.1, -0.05) is 29.8 Å². The fraction of sp³-hybridized carbons (Fsp3) is 0.0500. The molecule has 0 atom stereocenters. The number of carbonyl (C=O) groups excluding carboxylic acids is 1. The average molecular weight is 339 g/mol. The van der Waals surface area contributed by atoms with Gasteiger partial charge < -0.3 is 10.1 Å². The van der Waals surface area contributed by atoms with E-state index >= 15 is 0 Å². The smallest absolute Gasteiger partial charge is 0.258 e. The summed E-state index contributed by atoms with van der Waals surface area (Å²) in [5.74, 6) is -1.23. The summed E-state index contributed by atoms with van der Waals surface area (Å²) < 4.78 is 32.8. The number of nitrogens with one attached hydrogen (secondary N) is 1. The van der Waals surface area contributed by atoms with Crippen LogP contribution in [0.15, 0.2) is 66.7 Å². The normalized spacial score (nSPS) is 10.4. The van der Waals surface area contributed by atoms with Gasteiger partial charge in [-0.2, -0.15) is 0 Å². The van der Waals surface area contributed by atoms with Crippen LogP contribution in [-0.2, 0) is 0 Å². The fourth-order valence-electron chi connectivity index (χ4n) is 2.25. The highest BCUT2D eigenvalue weighted by molar-refractivity contribution is 6.05. The fourth-order valence-corrected chi connectivity index (χ4v) is 2.25. The molecule has 0 aromatic heterocycles. The molecule has 0 radical (unpaired) electrons. The standard InChI is InChI=1S/C20H15F2NO2/c1-13-6-9-15(10-7-13)25-19-5-3-2-4-18(19)23-20(24)16-12-14(21)8-11-17(16)22/h2-12H,1H3,(H,23,24). The highest BCUT2D eigenvalue weighted by Crippen LogP contribution is 2.30. The van der Waals surface area contributed by atoms with Crippen molar-refractivity contribution in [2.45, 2.75) is 6.92 Å². The van der Waals surface area contributed by atoms with Crippen LogP contribution in [0.4, 0.5) is 14.5 Å². The van der Waals surface area contributed by atoms with E-state index < -0.39 is 17.5 Å². The number of para-hydroxylation sites is 2. The number of carbonyl (C=O) groups is 1. The predicted octanol–water partition coefficient (Wildman–Crippen LogP) is 5.32. The summed E-state index contributed by atoms with van der Waals surface area (Å²) in [6, 6.07) is 16.9. The quantitative estimate of drug-likeness (QED) is 0.699. The van der Waals surface area contributed by atoms with E-state index in [1.54, 1.807) is 36.4 Å². The Bertz CT molecular complexity index is 908. The minimum atomic E-state index is -0.796. The van der Waals surface area contributed by atoms with E-state index in [1.807, 2.05) is 19.1 Å². The molecule has 5 heteroatoms. The molecule has 3 aromatic carbocycles. The molecule has 1 amide bonds. The first-order chi connectivity index (χ1) is 12.0. The number of hydrogen-bond donors (Lipinski definition) is 1. The second kappa shape index (κ2) is 7.13. The molecule has 0 aliphatic rings. The Balaban J connectivity index is 1.84. The Kier molecular flexibility index (Phi) is 4.75. The van der Waals surface area contributed by atoms with Crippen LogP contribution in [0.5, 0.6) is 11.5 Å². The van der Waals surface area contributed by atoms with Gasteiger partial charge in [0.05, 0.1) is 11.3 Å². The van der Waals surface area contributed by atoms with Crippen LogP contribution in [0.3, 0.4) is 0 Å². The molecule has 0 spiro atoms. The Morgan fingerprint density at radius 2 is 1.68 bits per heavy atom. The van der Waals surface area contributed by atoms with Crippen LogP contribution in [0, 0.1) is 18.6 Å². The molecule has 0 unspecified atom stereocenters. The minimum absolute atomic E-state index is 0.358. The van der Waals surface area contributed by atoms with Gasteiger partial charge in [0.25, 0.3) is 5.91 Å². The van der Waals surface area contributed by atoms with Crippen molar-refractivity contribution in [3.63, 3.8) is 0 Å². The van der Waals surface area contributed by atoms with Crippen LogP contribution in [0.1, 0.15) is 15.9 Å². The Morgan fingerprint density at radius 1 is 0.960 bits per heavy atom. The largest absolute Gasteiger partial charge is 0.455 e. The molecule has 0 saturated heterocycles. The van der Waals surface area contributed by atoms with Crippen molar-refractivity contribution in [2.75, 3.05) is 5.32 Å². The summed E-state index contributed by atoms with van der Waals surface area (Å²) in [7, 11) is 0. The summed E-state index contributed by atoms with van der Waals surface area (Å²) in [6.45, 7) is 1.96. The molecule has 0 saturated carbocycles. The maximum atomic E-state index is 13.7. The van der Waals surface area contributed by atoms with Gasteiger partial charge in [0.15, 0.2) is 5.75 Å². The van der Waals surface area contributed by atoms with E-state index in [0.29, 0.717) is 17.2 Å². The monoisotopic (exact) mass is 339 g/mol. The first-order valence-electron chi connectivity index (χ1n) is 7.63. The molecule has 1 N–H and O–H groups in total. The van der Waals surface area contributed by atoms with E-state index in [0.717, 1.165) is 23.8 Å². The molecule has 25 heavy (non-hydrogen) atoms. The summed E-state index contributed by atoms with van der Waals surface area (Å²) in [5, 5.41) is 2.56. The van der Waals surface area contributed by atoms with Crippen LogP contribution < -0.4 is 10.1 Å². The maximum Gasteiger partial charge on any atom is 0.258 e. The lowest BCUT2D eigenvalue weighted by molar-refractivity contribution is 0.102. The number of halogens is 2. The van der Waals surface area contributed by atoms with Gasteiger partial charge in [0.2, 0.25) is 0 Å². The highest BCUT2D eigenvalue weighted by Gasteiger charge is 2.15. The summed E-state index contributed by atoms with van der Waals surface area (Å²) >= 11 is 0. The van der Waals surface area contributed by atoms with E-state index in [4.69, 9.17) is 4.74 Å². The van der Waals surface area contributed by atoms with Gasteiger partial charge in [-0.05, 0) is 49.4 Å². The van der Waals surface area contributed by atoms with E-state index in [9.17, 15) is 13.6 Å². The average Bonchev–Trinajstić information content (AvgIpc) is 2.60.